The normalized spacial score (nSPS) is 11.1. The van der Waals surface area contributed by atoms with E-state index in [-0.39, 0.29) is 17.4 Å². The Kier molecular flexibility index (Phi) is 5.26. The highest BCUT2D eigenvalue weighted by Crippen LogP contribution is 2.31. The minimum atomic E-state index is -0.142. The standard InChI is InChI=1S/C21H20N4O3S/c1-13-14(2)25(10-17-4-3-9-28-17)20-19(13)21(23-12-22-20)29-11-18(27)24-15-5-7-16(26)8-6-15/h3-9,12,26H,10-11H2,1-2H3,(H,24,27). The summed E-state index contributed by atoms with van der Waals surface area (Å²) >= 11 is 1.38. The van der Waals surface area contributed by atoms with E-state index < -0.39 is 0 Å². The quantitative estimate of drug-likeness (QED) is 0.283. The number of hydrogen-bond donors (Lipinski definition) is 2. The number of aryl methyl sites for hydroxylation is 1. The summed E-state index contributed by atoms with van der Waals surface area (Å²) in [5.74, 6) is 1.09. The van der Waals surface area contributed by atoms with Crippen LogP contribution in [-0.2, 0) is 11.3 Å². The SMILES string of the molecule is Cc1c(C)n(Cc2ccco2)c2ncnc(SCC(=O)Nc3ccc(O)cc3)c12. The second-order valence-corrected chi connectivity index (χ2v) is 7.60. The number of aromatic hydroxyl groups is 1. The van der Waals surface area contributed by atoms with Crippen LogP contribution in [0.15, 0.2) is 58.4 Å². The number of furan rings is 1. The molecule has 0 aliphatic carbocycles. The smallest absolute Gasteiger partial charge is 0.234 e. The van der Waals surface area contributed by atoms with Gasteiger partial charge < -0.3 is 19.4 Å². The number of anilines is 1. The van der Waals surface area contributed by atoms with Crippen molar-refractivity contribution in [3.05, 3.63) is 66.0 Å². The van der Waals surface area contributed by atoms with Gasteiger partial charge >= 0.3 is 0 Å². The number of phenols is 1. The molecule has 0 fully saturated rings. The van der Waals surface area contributed by atoms with Crippen LogP contribution in [0.2, 0.25) is 0 Å². The Bertz CT molecular complexity index is 1150. The van der Waals surface area contributed by atoms with Crippen molar-refractivity contribution >= 4 is 34.4 Å². The van der Waals surface area contributed by atoms with Gasteiger partial charge in [-0.25, -0.2) is 9.97 Å². The van der Waals surface area contributed by atoms with Crippen molar-refractivity contribution in [1.82, 2.24) is 14.5 Å². The third-order valence-electron chi connectivity index (χ3n) is 4.76. The van der Waals surface area contributed by atoms with Crippen molar-refractivity contribution in [2.75, 3.05) is 11.1 Å². The van der Waals surface area contributed by atoms with E-state index in [1.807, 2.05) is 26.0 Å². The maximum Gasteiger partial charge on any atom is 0.234 e. The van der Waals surface area contributed by atoms with Crippen molar-refractivity contribution < 1.29 is 14.3 Å². The molecule has 0 aliphatic heterocycles. The molecule has 0 bridgehead atoms. The van der Waals surface area contributed by atoms with Crippen molar-refractivity contribution in [2.45, 2.75) is 25.4 Å². The molecule has 148 valence electrons. The Morgan fingerprint density at radius 3 is 2.72 bits per heavy atom. The highest BCUT2D eigenvalue weighted by Gasteiger charge is 2.18. The van der Waals surface area contributed by atoms with Crippen molar-refractivity contribution in [3.8, 4) is 5.75 Å². The first-order valence-electron chi connectivity index (χ1n) is 9.07. The molecule has 29 heavy (non-hydrogen) atoms. The number of fused-ring (bicyclic) bond motifs is 1. The molecule has 1 aromatic carbocycles. The average molecular weight is 408 g/mol. The third-order valence-corrected chi connectivity index (χ3v) is 5.75. The predicted octanol–water partition coefficient (Wildman–Crippen LogP) is 4.13. The van der Waals surface area contributed by atoms with Gasteiger partial charge in [0.2, 0.25) is 5.91 Å². The zero-order chi connectivity index (χ0) is 20.4. The molecule has 3 heterocycles. The van der Waals surface area contributed by atoms with E-state index >= 15 is 0 Å². The van der Waals surface area contributed by atoms with Gasteiger partial charge in [-0.2, -0.15) is 0 Å². The maximum absolute atomic E-state index is 12.3. The Morgan fingerprint density at radius 2 is 2.00 bits per heavy atom. The molecule has 1 amide bonds. The maximum atomic E-state index is 12.3. The highest BCUT2D eigenvalue weighted by molar-refractivity contribution is 8.00. The predicted molar refractivity (Wildman–Crippen MR) is 112 cm³/mol. The van der Waals surface area contributed by atoms with Crippen molar-refractivity contribution in [3.63, 3.8) is 0 Å². The Labute approximate surface area is 171 Å². The van der Waals surface area contributed by atoms with Gasteiger partial charge in [-0.1, -0.05) is 11.8 Å². The van der Waals surface area contributed by atoms with Gasteiger partial charge in [0.1, 0.15) is 28.5 Å². The largest absolute Gasteiger partial charge is 0.508 e. The van der Waals surface area contributed by atoms with E-state index in [1.54, 1.807) is 18.4 Å². The number of thioether (sulfide) groups is 1. The van der Waals surface area contributed by atoms with E-state index in [1.165, 1.54) is 30.2 Å². The molecular formula is C21H20N4O3S. The van der Waals surface area contributed by atoms with Crippen LogP contribution >= 0.6 is 11.8 Å². The number of carbonyl (C=O) groups excluding carboxylic acids is 1. The molecule has 3 aromatic heterocycles. The summed E-state index contributed by atoms with van der Waals surface area (Å²) in [6.07, 6.45) is 3.19. The van der Waals surface area contributed by atoms with Gasteiger partial charge in [-0.3, -0.25) is 4.79 Å². The van der Waals surface area contributed by atoms with Crippen LogP contribution in [0.5, 0.6) is 5.75 Å². The van der Waals surface area contributed by atoms with Crippen LogP contribution < -0.4 is 5.32 Å². The number of amides is 1. The van der Waals surface area contributed by atoms with Crippen LogP contribution in [0.3, 0.4) is 0 Å². The molecule has 4 aromatic rings. The van der Waals surface area contributed by atoms with Crippen molar-refractivity contribution in [2.24, 2.45) is 0 Å². The number of benzene rings is 1. The van der Waals surface area contributed by atoms with E-state index in [0.717, 1.165) is 33.1 Å². The Hall–Kier alpha value is -3.26. The van der Waals surface area contributed by atoms with Crippen LogP contribution in [0, 0.1) is 13.8 Å². The number of hydrogen-bond acceptors (Lipinski definition) is 6. The summed E-state index contributed by atoms with van der Waals surface area (Å²) < 4.78 is 7.59. The van der Waals surface area contributed by atoms with Crippen LogP contribution in [0.4, 0.5) is 5.69 Å². The monoisotopic (exact) mass is 408 g/mol. The average Bonchev–Trinajstić information content (AvgIpc) is 3.31. The number of carbonyl (C=O) groups is 1. The first-order valence-corrected chi connectivity index (χ1v) is 10.1. The van der Waals surface area contributed by atoms with Crippen LogP contribution in [0.25, 0.3) is 11.0 Å². The second-order valence-electron chi connectivity index (χ2n) is 6.64. The fourth-order valence-corrected chi connectivity index (χ4v) is 4.02. The topological polar surface area (TPSA) is 93.2 Å². The molecule has 0 saturated carbocycles. The molecular weight excluding hydrogens is 388 g/mol. The molecule has 8 heteroatoms. The molecule has 0 saturated heterocycles. The van der Waals surface area contributed by atoms with Gasteiger partial charge in [0.05, 0.1) is 23.9 Å². The molecule has 0 spiro atoms. The number of nitrogens with zero attached hydrogens (tertiary/aromatic N) is 3. The molecule has 0 radical (unpaired) electrons. The fourth-order valence-electron chi connectivity index (χ4n) is 3.17. The van der Waals surface area contributed by atoms with Crippen molar-refractivity contribution in [1.29, 1.82) is 0 Å². The lowest BCUT2D eigenvalue weighted by Crippen LogP contribution is -2.14. The lowest BCUT2D eigenvalue weighted by molar-refractivity contribution is -0.113. The van der Waals surface area contributed by atoms with E-state index in [9.17, 15) is 9.90 Å². The first kappa shape index (κ1) is 19.1. The summed E-state index contributed by atoms with van der Waals surface area (Å²) in [5.41, 5.74) is 3.64. The zero-order valence-electron chi connectivity index (χ0n) is 16.0. The van der Waals surface area contributed by atoms with Crippen LogP contribution in [-0.4, -0.2) is 31.3 Å². The lowest BCUT2D eigenvalue weighted by Gasteiger charge is -2.07. The van der Waals surface area contributed by atoms with Gasteiger partial charge in [0, 0.05) is 11.4 Å². The summed E-state index contributed by atoms with van der Waals surface area (Å²) in [6.45, 7) is 4.68. The number of rotatable bonds is 6. The molecule has 0 aliphatic rings. The molecule has 7 nitrogen and oxygen atoms in total. The first-order chi connectivity index (χ1) is 14.0. The fraction of sp³-hybridized carbons (Fsp3) is 0.190. The molecule has 0 atom stereocenters. The Balaban J connectivity index is 1.54. The molecule has 4 rings (SSSR count). The van der Waals surface area contributed by atoms with Gasteiger partial charge in [0.25, 0.3) is 0 Å². The van der Waals surface area contributed by atoms with E-state index in [2.05, 4.69) is 19.9 Å². The minimum Gasteiger partial charge on any atom is -0.508 e. The van der Waals surface area contributed by atoms with Crippen LogP contribution in [0.1, 0.15) is 17.0 Å². The number of aromatic nitrogens is 3. The van der Waals surface area contributed by atoms with Gasteiger partial charge in [0.15, 0.2) is 0 Å². The lowest BCUT2D eigenvalue weighted by atomic mass is 10.2. The van der Waals surface area contributed by atoms with E-state index in [0.29, 0.717) is 12.2 Å². The van der Waals surface area contributed by atoms with Gasteiger partial charge in [-0.15, -0.1) is 0 Å². The summed E-state index contributed by atoms with van der Waals surface area (Å²) in [6, 6.07) is 10.2. The minimum absolute atomic E-state index is 0.142. The summed E-state index contributed by atoms with van der Waals surface area (Å²) in [5, 5.41) is 13.9. The molecule has 0 unspecified atom stereocenters. The summed E-state index contributed by atoms with van der Waals surface area (Å²) in [4.78, 5) is 21.2. The zero-order valence-corrected chi connectivity index (χ0v) is 16.9. The molecule has 2 N–H and O–H groups in total. The number of nitrogens with one attached hydrogen (secondary N) is 1. The van der Waals surface area contributed by atoms with E-state index in [4.69, 9.17) is 4.42 Å². The summed E-state index contributed by atoms with van der Waals surface area (Å²) in [7, 11) is 0. The number of phenolic OH excluding ortho intramolecular Hbond substituents is 1. The third kappa shape index (κ3) is 3.97. The Morgan fingerprint density at radius 1 is 1.21 bits per heavy atom. The second kappa shape index (κ2) is 8.00. The highest BCUT2D eigenvalue weighted by atomic mass is 32.2. The van der Waals surface area contributed by atoms with Gasteiger partial charge in [-0.05, 0) is 55.8 Å².